The maximum Gasteiger partial charge on any atom is 0.0484 e. The highest BCUT2D eigenvalue weighted by atomic mass is 79.9. The highest BCUT2D eigenvalue weighted by Gasteiger charge is 2.04. The zero-order valence-electron chi connectivity index (χ0n) is 7.87. The molecule has 2 rings (SSSR count). The summed E-state index contributed by atoms with van der Waals surface area (Å²) in [6.07, 6.45) is 0. The van der Waals surface area contributed by atoms with E-state index in [1.54, 1.807) is 0 Å². The van der Waals surface area contributed by atoms with Gasteiger partial charge in [-0.15, -0.1) is 0 Å². The monoisotopic (exact) mass is 281 g/mol. The van der Waals surface area contributed by atoms with E-state index in [1.807, 2.05) is 42.5 Å². The summed E-state index contributed by atoms with van der Waals surface area (Å²) in [7, 11) is 0. The van der Waals surface area contributed by atoms with Crippen molar-refractivity contribution in [2.24, 2.45) is 0 Å². The van der Waals surface area contributed by atoms with Gasteiger partial charge >= 0.3 is 0 Å². The zero-order chi connectivity index (χ0) is 10.8. The van der Waals surface area contributed by atoms with E-state index < -0.39 is 0 Å². The lowest BCUT2D eigenvalue weighted by Gasteiger charge is -2.06. The van der Waals surface area contributed by atoms with Crippen LogP contribution in [0.15, 0.2) is 46.9 Å². The van der Waals surface area contributed by atoms with E-state index in [0.717, 1.165) is 26.3 Å². The van der Waals surface area contributed by atoms with Crippen LogP contribution in [0.4, 0.5) is 5.69 Å². The van der Waals surface area contributed by atoms with Crippen LogP contribution < -0.4 is 5.73 Å². The maximum absolute atomic E-state index is 6.10. The van der Waals surface area contributed by atoms with Crippen LogP contribution in [0, 0.1) is 0 Å². The van der Waals surface area contributed by atoms with Crippen molar-refractivity contribution in [3.8, 4) is 11.1 Å². The van der Waals surface area contributed by atoms with Gasteiger partial charge in [0.15, 0.2) is 0 Å². The van der Waals surface area contributed by atoms with Crippen LogP contribution in [0.2, 0.25) is 5.02 Å². The third-order valence-corrected chi connectivity index (χ3v) is 3.20. The van der Waals surface area contributed by atoms with E-state index in [0.29, 0.717) is 0 Å². The molecule has 76 valence electrons. The molecular weight excluding hydrogens is 273 g/mol. The first-order valence-electron chi connectivity index (χ1n) is 4.48. The van der Waals surface area contributed by atoms with Gasteiger partial charge < -0.3 is 5.73 Å². The number of rotatable bonds is 1. The molecule has 3 heteroatoms. The van der Waals surface area contributed by atoms with Crippen LogP contribution in [-0.4, -0.2) is 0 Å². The van der Waals surface area contributed by atoms with Gasteiger partial charge in [0.05, 0.1) is 0 Å². The first kappa shape index (κ1) is 10.5. The first-order valence-corrected chi connectivity index (χ1v) is 5.65. The molecule has 2 aromatic carbocycles. The van der Waals surface area contributed by atoms with E-state index in [-0.39, 0.29) is 0 Å². The van der Waals surface area contributed by atoms with Crippen molar-refractivity contribution in [1.82, 2.24) is 0 Å². The van der Waals surface area contributed by atoms with E-state index in [4.69, 9.17) is 17.3 Å². The van der Waals surface area contributed by atoms with Gasteiger partial charge in [-0.3, -0.25) is 0 Å². The summed E-state index contributed by atoms with van der Waals surface area (Å²) >= 11 is 9.50. The van der Waals surface area contributed by atoms with Gasteiger partial charge in [0.2, 0.25) is 0 Å². The molecule has 0 radical (unpaired) electrons. The van der Waals surface area contributed by atoms with Gasteiger partial charge in [-0.1, -0.05) is 35.9 Å². The lowest BCUT2D eigenvalue weighted by Crippen LogP contribution is -1.87. The van der Waals surface area contributed by atoms with Crippen LogP contribution in [0.1, 0.15) is 0 Å². The summed E-state index contributed by atoms with van der Waals surface area (Å²) in [5.74, 6) is 0. The molecule has 0 amide bonds. The second kappa shape index (κ2) is 4.25. The van der Waals surface area contributed by atoms with Crippen LogP contribution in [0.5, 0.6) is 0 Å². The third kappa shape index (κ3) is 2.16. The van der Waals surface area contributed by atoms with E-state index >= 15 is 0 Å². The summed E-state index contributed by atoms with van der Waals surface area (Å²) in [4.78, 5) is 0. The molecular formula is C12H9BrClN. The molecule has 0 bridgehead atoms. The number of benzene rings is 2. The predicted octanol–water partition coefficient (Wildman–Crippen LogP) is 4.35. The Bertz CT molecular complexity index is 497. The van der Waals surface area contributed by atoms with Crippen molar-refractivity contribution in [3.05, 3.63) is 52.0 Å². The van der Waals surface area contributed by atoms with Crippen molar-refractivity contribution in [2.45, 2.75) is 0 Å². The fourth-order valence-electron chi connectivity index (χ4n) is 1.39. The molecule has 0 aliphatic rings. The molecule has 0 heterocycles. The van der Waals surface area contributed by atoms with Crippen molar-refractivity contribution in [3.63, 3.8) is 0 Å². The van der Waals surface area contributed by atoms with Gasteiger partial charge in [0, 0.05) is 20.7 Å². The molecule has 0 saturated heterocycles. The number of nitrogens with two attached hydrogens (primary N) is 1. The lowest BCUT2D eigenvalue weighted by molar-refractivity contribution is 1.58. The Balaban J connectivity index is 2.55. The Labute approximate surface area is 102 Å². The molecule has 0 aromatic heterocycles. The van der Waals surface area contributed by atoms with Crippen LogP contribution in [-0.2, 0) is 0 Å². The molecule has 0 aliphatic carbocycles. The molecule has 0 spiro atoms. The highest BCUT2D eigenvalue weighted by Crippen LogP contribution is 2.31. The van der Waals surface area contributed by atoms with Crippen molar-refractivity contribution in [2.75, 3.05) is 5.73 Å². The molecule has 2 N–H and O–H groups in total. The molecule has 0 atom stereocenters. The van der Waals surface area contributed by atoms with Gasteiger partial charge in [-0.25, -0.2) is 0 Å². The minimum absolute atomic E-state index is 0.728. The van der Waals surface area contributed by atoms with Gasteiger partial charge in [0.25, 0.3) is 0 Å². The molecule has 15 heavy (non-hydrogen) atoms. The summed E-state index contributed by atoms with van der Waals surface area (Å²) in [6, 6.07) is 13.5. The summed E-state index contributed by atoms with van der Waals surface area (Å²) < 4.78 is 0.889. The Morgan fingerprint density at radius 1 is 1.07 bits per heavy atom. The summed E-state index contributed by atoms with van der Waals surface area (Å²) in [6.45, 7) is 0. The Hall–Kier alpha value is -0.990. The Kier molecular flexibility index (Phi) is 2.98. The maximum atomic E-state index is 6.10. The van der Waals surface area contributed by atoms with Crippen LogP contribution >= 0.6 is 27.5 Å². The average molecular weight is 283 g/mol. The molecule has 2 aromatic rings. The minimum Gasteiger partial charge on any atom is -0.398 e. The Morgan fingerprint density at radius 2 is 1.80 bits per heavy atom. The standard InChI is InChI=1S/C12H9BrClN/c13-10-7-8(5-6-12(10)15)9-3-1-2-4-11(9)14/h1-7H,15H2. The number of anilines is 1. The lowest BCUT2D eigenvalue weighted by atomic mass is 10.1. The number of hydrogen-bond donors (Lipinski definition) is 1. The van der Waals surface area contributed by atoms with E-state index in [2.05, 4.69) is 15.9 Å². The quantitative estimate of drug-likeness (QED) is 0.773. The SMILES string of the molecule is Nc1ccc(-c2ccccc2Cl)cc1Br. The zero-order valence-corrected chi connectivity index (χ0v) is 10.2. The number of nitrogen functional groups attached to an aromatic ring is 1. The fourth-order valence-corrected chi connectivity index (χ4v) is 2.01. The minimum atomic E-state index is 0.728. The summed E-state index contributed by atoms with van der Waals surface area (Å²) in [5, 5.41) is 0.745. The van der Waals surface area contributed by atoms with Gasteiger partial charge in [-0.2, -0.15) is 0 Å². The van der Waals surface area contributed by atoms with Crippen LogP contribution in [0.25, 0.3) is 11.1 Å². The molecule has 0 fully saturated rings. The van der Waals surface area contributed by atoms with Crippen molar-refractivity contribution >= 4 is 33.2 Å². The highest BCUT2D eigenvalue weighted by molar-refractivity contribution is 9.10. The van der Waals surface area contributed by atoms with E-state index in [1.165, 1.54) is 0 Å². The average Bonchev–Trinajstić information content (AvgIpc) is 2.23. The topological polar surface area (TPSA) is 26.0 Å². The molecule has 0 aliphatic heterocycles. The Morgan fingerprint density at radius 3 is 2.47 bits per heavy atom. The van der Waals surface area contributed by atoms with Gasteiger partial charge in [0.1, 0.15) is 0 Å². The van der Waals surface area contributed by atoms with E-state index in [9.17, 15) is 0 Å². The van der Waals surface area contributed by atoms with Gasteiger partial charge in [-0.05, 0) is 39.7 Å². The molecule has 0 saturated carbocycles. The third-order valence-electron chi connectivity index (χ3n) is 2.19. The van der Waals surface area contributed by atoms with Crippen LogP contribution in [0.3, 0.4) is 0 Å². The summed E-state index contributed by atoms with van der Waals surface area (Å²) in [5.41, 5.74) is 8.52. The number of halogens is 2. The molecule has 1 nitrogen and oxygen atoms in total. The molecule has 0 unspecified atom stereocenters. The second-order valence-electron chi connectivity index (χ2n) is 3.22. The first-order chi connectivity index (χ1) is 7.18. The largest absolute Gasteiger partial charge is 0.398 e. The smallest absolute Gasteiger partial charge is 0.0484 e. The fraction of sp³-hybridized carbons (Fsp3) is 0. The van der Waals surface area contributed by atoms with Crippen molar-refractivity contribution in [1.29, 1.82) is 0 Å². The predicted molar refractivity (Wildman–Crippen MR) is 69.0 cm³/mol. The van der Waals surface area contributed by atoms with Crippen molar-refractivity contribution < 1.29 is 0 Å². The number of hydrogen-bond acceptors (Lipinski definition) is 1. The second-order valence-corrected chi connectivity index (χ2v) is 4.48. The normalized spacial score (nSPS) is 10.3.